The van der Waals surface area contributed by atoms with Crippen LogP contribution < -0.4 is 0 Å². The van der Waals surface area contributed by atoms with Gasteiger partial charge in [-0.3, -0.25) is 0 Å². The maximum atomic E-state index is 12.7. The second-order valence-corrected chi connectivity index (χ2v) is 4.56. The monoisotopic (exact) mass is 245 g/mol. The first-order valence-corrected chi connectivity index (χ1v) is 6.04. The van der Waals surface area contributed by atoms with Crippen LogP contribution in [0.4, 0.5) is 4.39 Å². The van der Waals surface area contributed by atoms with Crippen LogP contribution in [0.5, 0.6) is 0 Å². The molecule has 0 aromatic heterocycles. The van der Waals surface area contributed by atoms with Crippen molar-refractivity contribution in [2.45, 2.75) is 11.8 Å². The lowest BCUT2D eigenvalue weighted by Crippen LogP contribution is -1.80. The van der Waals surface area contributed by atoms with Crippen LogP contribution in [0.2, 0.25) is 0 Å². The van der Waals surface area contributed by atoms with Gasteiger partial charge in [0.1, 0.15) is 5.82 Å². The number of benzene rings is 2. The summed E-state index contributed by atoms with van der Waals surface area (Å²) in [5.41, 5.74) is 2.13. The van der Waals surface area contributed by atoms with Crippen molar-refractivity contribution in [1.29, 1.82) is 0 Å². The van der Waals surface area contributed by atoms with Crippen molar-refractivity contribution in [3.8, 4) is 0 Å². The maximum absolute atomic E-state index is 12.7. The first-order valence-electron chi connectivity index (χ1n) is 5.27. The Bertz CT molecular complexity index is 503. The van der Waals surface area contributed by atoms with E-state index in [9.17, 15) is 4.39 Å². The molecule has 0 amide bonds. The van der Waals surface area contributed by atoms with Gasteiger partial charge in [0.2, 0.25) is 0 Å². The van der Waals surface area contributed by atoms with Crippen LogP contribution in [-0.2, 0) is 0 Å². The molecule has 0 radical (unpaired) electrons. The van der Waals surface area contributed by atoms with Crippen LogP contribution in [0.3, 0.4) is 0 Å². The molecule has 86 valence electrons. The fourth-order valence-electron chi connectivity index (χ4n) is 1.30. The highest BCUT2D eigenvalue weighted by molar-refractivity contribution is 7.98. The summed E-state index contributed by atoms with van der Waals surface area (Å²) >= 11 is 1.40. The van der Waals surface area contributed by atoms with Crippen molar-refractivity contribution in [3.05, 3.63) is 65.5 Å². The van der Waals surface area contributed by atoms with Gasteiger partial charge >= 0.3 is 0 Å². The maximum Gasteiger partial charge on any atom is 0.123 e. The minimum atomic E-state index is -0.228. The van der Waals surface area contributed by atoms with E-state index < -0.39 is 0 Å². The number of hydrogen-bond acceptors (Lipinski definition) is 2. The van der Waals surface area contributed by atoms with E-state index in [1.165, 1.54) is 29.6 Å². The van der Waals surface area contributed by atoms with Crippen LogP contribution >= 0.6 is 11.9 Å². The number of hydrogen-bond donors (Lipinski definition) is 0. The lowest BCUT2D eigenvalue weighted by atomic mass is 10.2. The number of aryl methyl sites for hydroxylation is 1. The average molecular weight is 245 g/mol. The highest BCUT2D eigenvalue weighted by atomic mass is 32.2. The Labute approximate surface area is 105 Å². The molecule has 0 aliphatic heterocycles. The second-order valence-electron chi connectivity index (χ2n) is 3.69. The van der Waals surface area contributed by atoms with Gasteiger partial charge in [-0.15, -0.1) is 0 Å². The molecule has 2 aromatic rings. The average Bonchev–Trinajstić information content (AvgIpc) is 2.34. The third-order valence-corrected chi connectivity index (χ3v) is 2.94. The quantitative estimate of drug-likeness (QED) is 0.581. The molecule has 0 unspecified atom stereocenters. The van der Waals surface area contributed by atoms with Gasteiger partial charge in [0.15, 0.2) is 0 Å². The highest BCUT2D eigenvalue weighted by Gasteiger charge is 1.92. The van der Waals surface area contributed by atoms with Gasteiger partial charge in [-0.05, 0) is 36.8 Å². The van der Waals surface area contributed by atoms with Gasteiger partial charge in [-0.2, -0.15) is 0 Å². The van der Waals surface area contributed by atoms with Gasteiger partial charge in [0, 0.05) is 23.1 Å². The molecule has 0 bridgehead atoms. The van der Waals surface area contributed by atoms with E-state index in [1.807, 2.05) is 12.1 Å². The molecule has 0 spiro atoms. The summed E-state index contributed by atoms with van der Waals surface area (Å²) in [4.78, 5) is 1.09. The lowest BCUT2D eigenvalue weighted by Gasteiger charge is -1.96. The standard InChI is InChI=1S/C14H12FNS/c1-11-2-8-14(9-3-11)17-16-10-12-4-6-13(15)7-5-12/h2-10H,1H3/b16-10+. The smallest absolute Gasteiger partial charge is 0.123 e. The topological polar surface area (TPSA) is 12.4 Å². The summed E-state index contributed by atoms with van der Waals surface area (Å²) in [6.45, 7) is 2.05. The van der Waals surface area contributed by atoms with Crippen LogP contribution in [0.15, 0.2) is 57.8 Å². The Kier molecular flexibility index (Phi) is 3.94. The van der Waals surface area contributed by atoms with Crippen molar-refractivity contribution in [2.75, 3.05) is 0 Å². The van der Waals surface area contributed by atoms with Crippen molar-refractivity contribution < 1.29 is 4.39 Å². The Morgan fingerprint density at radius 1 is 1.00 bits per heavy atom. The largest absolute Gasteiger partial charge is 0.219 e. The number of nitrogens with zero attached hydrogens (tertiary/aromatic N) is 1. The molecule has 2 rings (SSSR count). The molecular formula is C14H12FNS. The fraction of sp³-hybridized carbons (Fsp3) is 0.0714. The van der Waals surface area contributed by atoms with Gasteiger partial charge in [0.25, 0.3) is 0 Å². The summed E-state index contributed by atoms with van der Waals surface area (Å²) in [5.74, 6) is -0.228. The van der Waals surface area contributed by atoms with E-state index in [0.717, 1.165) is 10.5 Å². The molecule has 0 saturated carbocycles. The van der Waals surface area contributed by atoms with E-state index in [-0.39, 0.29) is 5.82 Å². The van der Waals surface area contributed by atoms with Gasteiger partial charge in [-0.1, -0.05) is 29.8 Å². The van der Waals surface area contributed by atoms with Crippen molar-refractivity contribution in [3.63, 3.8) is 0 Å². The molecule has 0 atom stereocenters. The van der Waals surface area contributed by atoms with E-state index >= 15 is 0 Å². The zero-order valence-corrected chi connectivity index (χ0v) is 10.2. The van der Waals surface area contributed by atoms with Crippen molar-refractivity contribution >= 4 is 18.2 Å². The van der Waals surface area contributed by atoms with E-state index in [1.54, 1.807) is 18.3 Å². The Morgan fingerprint density at radius 3 is 2.29 bits per heavy atom. The first-order chi connectivity index (χ1) is 8.24. The van der Waals surface area contributed by atoms with Crippen molar-refractivity contribution in [1.82, 2.24) is 0 Å². The predicted molar refractivity (Wildman–Crippen MR) is 71.0 cm³/mol. The molecule has 3 heteroatoms. The van der Waals surface area contributed by atoms with Gasteiger partial charge in [-0.25, -0.2) is 8.79 Å². The molecule has 0 heterocycles. The molecule has 17 heavy (non-hydrogen) atoms. The molecule has 2 aromatic carbocycles. The molecule has 1 nitrogen and oxygen atoms in total. The van der Waals surface area contributed by atoms with Crippen LogP contribution in [-0.4, -0.2) is 6.21 Å². The minimum absolute atomic E-state index is 0.228. The second kappa shape index (κ2) is 5.64. The van der Waals surface area contributed by atoms with Gasteiger partial charge < -0.3 is 0 Å². The first kappa shape index (κ1) is 11.9. The molecule has 0 aliphatic carbocycles. The lowest BCUT2D eigenvalue weighted by molar-refractivity contribution is 0.628. The van der Waals surface area contributed by atoms with Crippen LogP contribution in [0, 0.1) is 12.7 Å². The molecule has 0 saturated heterocycles. The van der Waals surface area contributed by atoms with Crippen LogP contribution in [0.1, 0.15) is 11.1 Å². The van der Waals surface area contributed by atoms with Gasteiger partial charge in [0.05, 0.1) is 0 Å². The Morgan fingerprint density at radius 2 is 1.65 bits per heavy atom. The molecule has 0 fully saturated rings. The number of halogens is 1. The molecule has 0 N–H and O–H groups in total. The summed E-state index contributed by atoms with van der Waals surface area (Å²) < 4.78 is 16.9. The third kappa shape index (κ3) is 3.71. The zero-order valence-electron chi connectivity index (χ0n) is 9.43. The molecular weight excluding hydrogens is 233 g/mol. The molecule has 0 aliphatic rings. The zero-order chi connectivity index (χ0) is 12.1. The predicted octanol–water partition coefficient (Wildman–Crippen LogP) is 4.26. The number of rotatable bonds is 3. The summed E-state index contributed by atoms with van der Waals surface area (Å²) in [6.07, 6.45) is 1.73. The fourth-order valence-corrected chi connectivity index (χ4v) is 1.85. The van der Waals surface area contributed by atoms with Crippen molar-refractivity contribution in [2.24, 2.45) is 4.40 Å². The summed E-state index contributed by atoms with van der Waals surface area (Å²) in [5, 5.41) is 0. The Balaban J connectivity index is 1.97. The normalized spacial score (nSPS) is 10.9. The van der Waals surface area contributed by atoms with E-state index in [4.69, 9.17) is 0 Å². The third-order valence-electron chi connectivity index (χ3n) is 2.25. The Hall–Kier alpha value is -1.61. The van der Waals surface area contributed by atoms with E-state index in [2.05, 4.69) is 23.5 Å². The summed E-state index contributed by atoms with van der Waals surface area (Å²) in [7, 11) is 0. The SMILES string of the molecule is Cc1ccc(S/N=C/c2ccc(F)cc2)cc1. The van der Waals surface area contributed by atoms with E-state index in [0.29, 0.717) is 0 Å². The minimum Gasteiger partial charge on any atom is -0.219 e. The van der Waals surface area contributed by atoms with Crippen LogP contribution in [0.25, 0.3) is 0 Å². The highest BCUT2D eigenvalue weighted by Crippen LogP contribution is 2.19. The summed E-state index contributed by atoms with van der Waals surface area (Å²) in [6, 6.07) is 14.4.